The van der Waals surface area contributed by atoms with Crippen molar-refractivity contribution < 1.29 is 53.4 Å². The molecule has 0 aromatic heterocycles. The largest absolute Gasteiger partial charge is 0.494 e. The maximum Gasteiger partial charge on any atom is 0.303 e. The summed E-state index contributed by atoms with van der Waals surface area (Å²) in [7, 11) is 0. The van der Waals surface area contributed by atoms with Crippen LogP contribution < -0.4 is 4.74 Å². The van der Waals surface area contributed by atoms with E-state index < -0.39 is 78.9 Å². The highest BCUT2D eigenvalue weighted by Gasteiger charge is 2.68. The number of ether oxygens (including phenoxy) is 4. The lowest BCUT2D eigenvalue weighted by Gasteiger charge is -2.51. The molecule has 5 atom stereocenters. The third-order valence-electron chi connectivity index (χ3n) is 7.88. The first kappa shape index (κ1) is 31.3. The number of halogens is 1. The number of carbonyl (C=O) groups excluding carboxylic acids is 1. The summed E-state index contributed by atoms with van der Waals surface area (Å²) >= 11 is 6.57. The van der Waals surface area contributed by atoms with Gasteiger partial charge in [-0.15, -0.1) is 0 Å². The van der Waals surface area contributed by atoms with E-state index >= 15 is 0 Å². The monoisotopic (exact) mass is 604 g/mol. The number of carbonyl (C=O) groups is 4. The van der Waals surface area contributed by atoms with Crippen molar-refractivity contribution in [3.8, 4) is 5.75 Å². The Labute approximate surface area is 247 Å². The van der Waals surface area contributed by atoms with Gasteiger partial charge in [-0.05, 0) is 54.7 Å². The topological polar surface area (TPSA) is 166 Å². The first-order valence-electron chi connectivity index (χ1n) is 13.5. The number of hydrogen-bond acceptors (Lipinski definition) is 8. The normalized spacial score (nSPS) is 26.4. The lowest BCUT2D eigenvalue weighted by Crippen LogP contribution is -2.59. The summed E-state index contributed by atoms with van der Waals surface area (Å²) < 4.78 is 23.6. The van der Waals surface area contributed by atoms with E-state index in [2.05, 4.69) is 0 Å². The van der Waals surface area contributed by atoms with Gasteiger partial charge in [0.1, 0.15) is 18.0 Å². The fourth-order valence-electron chi connectivity index (χ4n) is 6.17. The highest BCUT2D eigenvalue weighted by atomic mass is 35.5. The lowest BCUT2D eigenvalue weighted by atomic mass is 9.64. The molecule has 2 saturated heterocycles. The molecule has 11 nitrogen and oxygen atoms in total. The zero-order valence-electron chi connectivity index (χ0n) is 23.2. The van der Waals surface area contributed by atoms with Crippen molar-refractivity contribution in [3.05, 3.63) is 64.2 Å². The summed E-state index contributed by atoms with van der Waals surface area (Å²) in [6.07, 6.45) is -1.25. The number of carboxylic acids is 3. The molecule has 0 aliphatic carbocycles. The van der Waals surface area contributed by atoms with Gasteiger partial charge in [-0.1, -0.05) is 29.8 Å². The molecule has 3 N–H and O–H groups in total. The Bertz CT molecular complexity index is 1340. The molecule has 226 valence electrons. The number of fused-ring (bicyclic) bond motifs is 2. The minimum atomic E-state index is -1.77. The molecule has 0 amide bonds. The average Bonchev–Trinajstić information content (AvgIpc) is 3.28. The molecule has 2 aromatic rings. The summed E-state index contributed by atoms with van der Waals surface area (Å²) in [4.78, 5) is 47.9. The van der Waals surface area contributed by atoms with Crippen molar-refractivity contribution in [1.29, 1.82) is 0 Å². The highest BCUT2D eigenvalue weighted by molar-refractivity contribution is 6.31. The molecule has 0 unspecified atom stereocenters. The van der Waals surface area contributed by atoms with E-state index in [1.807, 2.05) is 31.2 Å². The van der Waals surface area contributed by atoms with Gasteiger partial charge in [0, 0.05) is 35.8 Å². The maximum atomic E-state index is 12.1. The number of aliphatic carboxylic acids is 3. The number of benzene rings is 2. The van der Waals surface area contributed by atoms with Crippen LogP contribution in [0.3, 0.4) is 0 Å². The van der Waals surface area contributed by atoms with Gasteiger partial charge in [0.15, 0.2) is 5.79 Å². The third kappa shape index (κ3) is 6.53. The molecule has 2 aromatic carbocycles. The van der Waals surface area contributed by atoms with Crippen molar-refractivity contribution in [3.63, 3.8) is 0 Å². The quantitative estimate of drug-likeness (QED) is 0.281. The number of esters is 1. The van der Waals surface area contributed by atoms with Crippen molar-refractivity contribution in [2.24, 2.45) is 17.8 Å². The summed E-state index contributed by atoms with van der Waals surface area (Å²) in [5.41, 5.74) is 0.457. The van der Waals surface area contributed by atoms with Crippen molar-refractivity contribution >= 4 is 35.5 Å². The van der Waals surface area contributed by atoms with Crippen LogP contribution in [-0.4, -0.2) is 64.6 Å². The summed E-state index contributed by atoms with van der Waals surface area (Å²) in [5, 5.41) is 29.9. The van der Waals surface area contributed by atoms with Crippen LogP contribution in [0.1, 0.15) is 49.8 Å². The van der Waals surface area contributed by atoms with Gasteiger partial charge in [0.2, 0.25) is 0 Å². The Morgan fingerprint density at radius 2 is 1.60 bits per heavy atom. The van der Waals surface area contributed by atoms with Gasteiger partial charge >= 0.3 is 23.9 Å². The van der Waals surface area contributed by atoms with Crippen LogP contribution in [0, 0.1) is 17.8 Å². The van der Waals surface area contributed by atoms with Crippen LogP contribution in [0.5, 0.6) is 5.75 Å². The van der Waals surface area contributed by atoms with Gasteiger partial charge in [0.25, 0.3) is 0 Å². The lowest BCUT2D eigenvalue weighted by molar-refractivity contribution is -0.295. The molecule has 2 bridgehead atoms. The first-order chi connectivity index (χ1) is 19.9. The van der Waals surface area contributed by atoms with Crippen molar-refractivity contribution in [2.45, 2.75) is 50.9 Å². The second kappa shape index (κ2) is 12.7. The van der Waals surface area contributed by atoms with Crippen LogP contribution in [-0.2, 0) is 45.6 Å². The minimum Gasteiger partial charge on any atom is -0.494 e. The van der Waals surface area contributed by atoms with Gasteiger partial charge < -0.3 is 34.3 Å². The van der Waals surface area contributed by atoms with E-state index in [4.69, 9.17) is 30.5 Å². The van der Waals surface area contributed by atoms with E-state index in [1.165, 1.54) is 6.92 Å². The molecule has 2 heterocycles. The zero-order chi connectivity index (χ0) is 30.7. The average molecular weight is 605 g/mol. The Hall–Kier alpha value is -3.67. The van der Waals surface area contributed by atoms with E-state index in [0.717, 1.165) is 11.3 Å². The molecule has 2 fully saturated rings. The summed E-state index contributed by atoms with van der Waals surface area (Å²) in [6, 6.07) is 12.4. The SMILES string of the molecule is CCOc1ccc(Cc2cc([C@@]34OC[C@](COC(C)=O)(O3)[C@@H](CC(=O)O)[C@H](CC(=O)O)[C@H]4CC(=O)O)ccc2Cl)cc1. The Morgan fingerprint density at radius 3 is 2.19 bits per heavy atom. The minimum absolute atomic E-state index is 0.249. The van der Waals surface area contributed by atoms with Crippen LogP contribution in [0.4, 0.5) is 0 Å². The maximum absolute atomic E-state index is 12.1. The molecular weight excluding hydrogens is 572 g/mol. The first-order valence-corrected chi connectivity index (χ1v) is 13.9. The fraction of sp³-hybridized carbons (Fsp3) is 0.467. The van der Waals surface area contributed by atoms with Crippen LogP contribution >= 0.6 is 11.6 Å². The van der Waals surface area contributed by atoms with E-state index in [-0.39, 0.29) is 6.61 Å². The molecule has 12 heteroatoms. The van der Waals surface area contributed by atoms with E-state index in [0.29, 0.717) is 29.2 Å². The second-order valence-electron chi connectivity index (χ2n) is 10.6. The highest BCUT2D eigenvalue weighted by Crippen LogP contribution is 2.60. The number of hydrogen-bond donors (Lipinski definition) is 3. The van der Waals surface area contributed by atoms with Gasteiger partial charge in [0.05, 0.1) is 26.1 Å². The van der Waals surface area contributed by atoms with Crippen LogP contribution in [0.25, 0.3) is 0 Å². The second-order valence-corrected chi connectivity index (χ2v) is 11.0. The predicted octanol–water partition coefficient (Wildman–Crippen LogP) is 4.12. The van der Waals surface area contributed by atoms with Crippen molar-refractivity contribution in [2.75, 3.05) is 19.8 Å². The summed E-state index contributed by atoms with van der Waals surface area (Å²) in [6.45, 7) is 2.96. The molecule has 4 rings (SSSR count). The zero-order valence-corrected chi connectivity index (χ0v) is 24.0. The number of rotatable bonds is 13. The molecule has 0 radical (unpaired) electrons. The molecule has 42 heavy (non-hydrogen) atoms. The third-order valence-corrected chi connectivity index (χ3v) is 8.25. The predicted molar refractivity (Wildman–Crippen MR) is 147 cm³/mol. The fourth-order valence-corrected chi connectivity index (χ4v) is 6.35. The van der Waals surface area contributed by atoms with Gasteiger partial charge in [-0.2, -0.15) is 0 Å². The summed E-state index contributed by atoms with van der Waals surface area (Å²) in [5.74, 6) is -8.54. The Morgan fingerprint density at radius 1 is 0.952 bits per heavy atom. The Kier molecular flexibility index (Phi) is 9.44. The van der Waals surface area contributed by atoms with Crippen LogP contribution in [0.15, 0.2) is 42.5 Å². The van der Waals surface area contributed by atoms with E-state index in [1.54, 1.807) is 18.2 Å². The van der Waals surface area contributed by atoms with Crippen LogP contribution in [0.2, 0.25) is 5.02 Å². The van der Waals surface area contributed by atoms with E-state index in [9.17, 15) is 34.5 Å². The van der Waals surface area contributed by atoms with Crippen molar-refractivity contribution in [1.82, 2.24) is 0 Å². The molecule has 2 aliphatic rings. The molecule has 0 spiro atoms. The molecule has 0 saturated carbocycles. The Balaban J connectivity index is 1.82. The molecular formula is C30H33ClO11. The van der Waals surface area contributed by atoms with Gasteiger partial charge in [-0.25, -0.2) is 0 Å². The molecule has 2 aliphatic heterocycles. The number of carboxylic acid groups (broad SMARTS) is 3. The smallest absolute Gasteiger partial charge is 0.303 e. The standard InChI is InChI=1S/C30H33ClO11/c1-3-39-21-7-4-18(5-8-21)10-19-11-20(6-9-25(19)31)30-24(14-28(37)38)22(12-26(33)34)23(13-27(35)36)29(42-30,16-41-30)15-40-17(2)32/h4-9,11,22-24H,3,10,12-16H2,1-2H3,(H,33,34)(H,35,36)(H,37,38)/t22-,23-,24+,29-,30+/m0/s1. The van der Waals surface area contributed by atoms with Gasteiger partial charge in [-0.3, -0.25) is 19.2 Å².